The molecular formula is C17H9BrClN3OS. The highest BCUT2D eigenvalue weighted by molar-refractivity contribution is 9.10. The molecule has 4 aromatic rings. The molecule has 0 aliphatic rings. The smallest absolute Gasteiger partial charge is 0.228 e. The summed E-state index contributed by atoms with van der Waals surface area (Å²) in [5.74, 6) is 0.505. The summed E-state index contributed by atoms with van der Waals surface area (Å²) in [5, 5.41) is 1.34. The van der Waals surface area contributed by atoms with Crippen LogP contribution in [-0.4, -0.2) is 15.0 Å². The van der Waals surface area contributed by atoms with Crippen LogP contribution in [0.2, 0.25) is 5.02 Å². The van der Waals surface area contributed by atoms with Crippen molar-refractivity contribution in [2.45, 2.75) is 9.92 Å². The second-order valence-electron chi connectivity index (χ2n) is 4.88. The SMILES string of the molecule is Clc1c(Sc2cnc(Br)cn2)cccc1-c1nc2ccccc2o1. The van der Waals surface area contributed by atoms with E-state index in [-0.39, 0.29) is 0 Å². The Kier molecular flexibility index (Phi) is 4.26. The van der Waals surface area contributed by atoms with E-state index in [1.54, 1.807) is 12.4 Å². The summed E-state index contributed by atoms with van der Waals surface area (Å²) in [6, 6.07) is 13.4. The van der Waals surface area contributed by atoms with E-state index in [1.165, 1.54) is 11.8 Å². The lowest BCUT2D eigenvalue weighted by atomic mass is 10.2. The molecule has 0 atom stereocenters. The first kappa shape index (κ1) is 15.6. The van der Waals surface area contributed by atoms with Crippen LogP contribution in [0.25, 0.3) is 22.6 Å². The zero-order valence-electron chi connectivity index (χ0n) is 12.1. The van der Waals surface area contributed by atoms with Crippen molar-refractivity contribution < 1.29 is 4.42 Å². The van der Waals surface area contributed by atoms with Gasteiger partial charge in [-0.2, -0.15) is 0 Å². The maximum atomic E-state index is 6.57. The van der Waals surface area contributed by atoms with Crippen molar-refractivity contribution in [3.8, 4) is 11.5 Å². The third-order valence-corrected chi connectivity index (χ3v) is 5.21. The van der Waals surface area contributed by atoms with Gasteiger partial charge in [0.2, 0.25) is 5.89 Å². The topological polar surface area (TPSA) is 51.8 Å². The van der Waals surface area contributed by atoms with Crippen LogP contribution < -0.4 is 0 Å². The average molecular weight is 419 g/mol. The Morgan fingerprint density at radius 3 is 2.67 bits per heavy atom. The van der Waals surface area contributed by atoms with Gasteiger partial charge in [0.1, 0.15) is 15.1 Å². The lowest BCUT2D eigenvalue weighted by molar-refractivity contribution is 0.619. The number of rotatable bonds is 3. The fourth-order valence-electron chi connectivity index (χ4n) is 2.21. The lowest BCUT2D eigenvalue weighted by Gasteiger charge is -2.06. The van der Waals surface area contributed by atoms with Crippen LogP contribution >= 0.6 is 39.3 Å². The second-order valence-corrected chi connectivity index (χ2v) is 7.14. The second kappa shape index (κ2) is 6.55. The first-order valence-electron chi connectivity index (χ1n) is 7.00. The van der Waals surface area contributed by atoms with Gasteiger partial charge in [0.15, 0.2) is 5.58 Å². The number of aromatic nitrogens is 3. The molecule has 2 heterocycles. The van der Waals surface area contributed by atoms with E-state index in [0.29, 0.717) is 15.5 Å². The summed E-state index contributed by atoms with van der Waals surface area (Å²) < 4.78 is 6.51. The lowest BCUT2D eigenvalue weighted by Crippen LogP contribution is -1.86. The normalized spacial score (nSPS) is 11.1. The number of nitrogens with zero attached hydrogens (tertiary/aromatic N) is 3. The average Bonchev–Trinajstić information content (AvgIpc) is 3.02. The molecule has 2 aromatic carbocycles. The van der Waals surface area contributed by atoms with E-state index >= 15 is 0 Å². The van der Waals surface area contributed by atoms with Gasteiger partial charge in [-0.1, -0.05) is 41.6 Å². The Bertz CT molecular complexity index is 987. The summed E-state index contributed by atoms with van der Waals surface area (Å²) >= 11 is 11.3. The molecule has 0 unspecified atom stereocenters. The summed E-state index contributed by atoms with van der Waals surface area (Å²) in [4.78, 5) is 13.9. The molecule has 118 valence electrons. The van der Waals surface area contributed by atoms with Gasteiger partial charge in [0, 0.05) is 4.90 Å². The minimum atomic E-state index is 0.505. The molecule has 4 rings (SSSR count). The van der Waals surface area contributed by atoms with Crippen LogP contribution in [0.3, 0.4) is 0 Å². The molecule has 0 N–H and O–H groups in total. The van der Waals surface area contributed by atoms with E-state index in [4.69, 9.17) is 16.0 Å². The van der Waals surface area contributed by atoms with Gasteiger partial charge in [-0.05, 0) is 40.2 Å². The zero-order chi connectivity index (χ0) is 16.5. The largest absolute Gasteiger partial charge is 0.436 e. The van der Waals surface area contributed by atoms with Crippen molar-refractivity contribution in [2.24, 2.45) is 0 Å². The molecule has 0 bridgehead atoms. The summed E-state index contributed by atoms with van der Waals surface area (Å²) in [6.07, 6.45) is 3.35. The van der Waals surface area contributed by atoms with Crippen LogP contribution in [0.1, 0.15) is 0 Å². The molecule has 0 spiro atoms. The van der Waals surface area contributed by atoms with Gasteiger partial charge >= 0.3 is 0 Å². The number of oxazole rings is 1. The first-order valence-corrected chi connectivity index (χ1v) is 8.99. The van der Waals surface area contributed by atoms with Crippen molar-refractivity contribution in [3.05, 3.63) is 64.5 Å². The molecule has 0 saturated heterocycles. The van der Waals surface area contributed by atoms with Gasteiger partial charge in [-0.3, -0.25) is 0 Å². The fourth-order valence-corrected chi connectivity index (χ4v) is 3.52. The van der Waals surface area contributed by atoms with Gasteiger partial charge in [-0.15, -0.1) is 0 Å². The van der Waals surface area contributed by atoms with Gasteiger partial charge in [0.25, 0.3) is 0 Å². The Hall–Kier alpha value is -1.89. The molecule has 0 amide bonds. The molecule has 0 aliphatic heterocycles. The number of fused-ring (bicyclic) bond motifs is 1. The van der Waals surface area contributed by atoms with Crippen molar-refractivity contribution >= 4 is 50.4 Å². The molecule has 0 aliphatic carbocycles. The summed E-state index contributed by atoms with van der Waals surface area (Å²) in [5.41, 5.74) is 2.30. The fraction of sp³-hybridized carbons (Fsp3) is 0. The molecular weight excluding hydrogens is 410 g/mol. The van der Waals surface area contributed by atoms with Crippen LogP contribution in [0.4, 0.5) is 0 Å². The molecule has 24 heavy (non-hydrogen) atoms. The maximum absolute atomic E-state index is 6.57. The Morgan fingerprint density at radius 1 is 1.00 bits per heavy atom. The summed E-state index contributed by atoms with van der Waals surface area (Å²) in [7, 11) is 0. The predicted octanol–water partition coefficient (Wildman–Crippen LogP) is 5.85. The van der Waals surface area contributed by atoms with Crippen LogP contribution in [-0.2, 0) is 0 Å². The van der Waals surface area contributed by atoms with E-state index < -0.39 is 0 Å². The van der Waals surface area contributed by atoms with Gasteiger partial charge in [0.05, 0.1) is 23.0 Å². The number of benzene rings is 2. The molecule has 0 saturated carbocycles. The third kappa shape index (κ3) is 3.05. The maximum Gasteiger partial charge on any atom is 0.228 e. The van der Waals surface area contributed by atoms with Gasteiger partial charge < -0.3 is 4.42 Å². The van der Waals surface area contributed by atoms with Gasteiger partial charge in [-0.25, -0.2) is 15.0 Å². The van der Waals surface area contributed by atoms with Crippen molar-refractivity contribution in [2.75, 3.05) is 0 Å². The highest BCUT2D eigenvalue weighted by Gasteiger charge is 2.15. The van der Waals surface area contributed by atoms with Crippen LogP contribution in [0.15, 0.2) is 73.8 Å². The monoisotopic (exact) mass is 417 g/mol. The van der Waals surface area contributed by atoms with E-state index in [2.05, 4.69) is 30.9 Å². The quantitative estimate of drug-likeness (QED) is 0.417. The van der Waals surface area contributed by atoms with Crippen LogP contribution in [0.5, 0.6) is 0 Å². The van der Waals surface area contributed by atoms with E-state index in [9.17, 15) is 0 Å². The highest BCUT2D eigenvalue weighted by Crippen LogP contribution is 2.38. The number of para-hydroxylation sites is 2. The molecule has 0 radical (unpaired) electrons. The summed E-state index contributed by atoms with van der Waals surface area (Å²) in [6.45, 7) is 0. The van der Waals surface area contributed by atoms with Crippen molar-refractivity contribution in [1.82, 2.24) is 15.0 Å². The Balaban J connectivity index is 1.73. The first-order chi connectivity index (χ1) is 11.7. The standard InChI is InChI=1S/C17H9BrClN3OS/c18-14-8-21-15(9-20-14)24-13-7-3-4-10(16(13)19)17-22-11-5-1-2-6-12(11)23-17/h1-9H. The highest BCUT2D eigenvalue weighted by atomic mass is 79.9. The predicted molar refractivity (Wildman–Crippen MR) is 98.3 cm³/mol. The Labute approximate surface area is 155 Å². The minimum absolute atomic E-state index is 0.505. The molecule has 0 fully saturated rings. The molecule has 2 aromatic heterocycles. The van der Waals surface area contributed by atoms with E-state index in [0.717, 1.165) is 26.6 Å². The third-order valence-electron chi connectivity index (χ3n) is 3.30. The van der Waals surface area contributed by atoms with Crippen LogP contribution in [0, 0.1) is 0 Å². The number of halogens is 2. The zero-order valence-corrected chi connectivity index (χ0v) is 15.3. The Morgan fingerprint density at radius 2 is 1.88 bits per heavy atom. The number of hydrogen-bond donors (Lipinski definition) is 0. The van der Waals surface area contributed by atoms with Crippen molar-refractivity contribution in [1.29, 1.82) is 0 Å². The molecule has 7 heteroatoms. The molecule has 4 nitrogen and oxygen atoms in total. The number of hydrogen-bond acceptors (Lipinski definition) is 5. The van der Waals surface area contributed by atoms with Crippen molar-refractivity contribution in [3.63, 3.8) is 0 Å². The minimum Gasteiger partial charge on any atom is -0.436 e. The van der Waals surface area contributed by atoms with E-state index in [1.807, 2.05) is 42.5 Å².